The second kappa shape index (κ2) is 10.9. The summed E-state index contributed by atoms with van der Waals surface area (Å²) >= 11 is 4.01. The molecule has 0 aliphatic rings. The number of rotatable bonds is 10. The Hall–Kier alpha value is -0.900. The van der Waals surface area contributed by atoms with Crippen molar-refractivity contribution in [1.82, 2.24) is 4.90 Å². The first-order valence-electron chi connectivity index (χ1n) is 9.17. The number of unbranched alkanes of at least 4 members (excludes halogenated alkanes) is 1. The number of thioether (sulfide) groups is 2. The molecule has 0 radical (unpaired) electrons. The predicted octanol–water partition coefficient (Wildman–Crippen LogP) is 6.35. The topological polar surface area (TPSA) is 3.24 Å². The fraction of sp³-hybridized carbons (Fsp3) is 0.455. The summed E-state index contributed by atoms with van der Waals surface area (Å²) in [5, 5.41) is 0.401. The summed E-state index contributed by atoms with van der Waals surface area (Å²) in [4.78, 5) is 3.68. The van der Waals surface area contributed by atoms with E-state index in [-0.39, 0.29) is 0 Å². The summed E-state index contributed by atoms with van der Waals surface area (Å²) in [5.41, 5.74) is 2.80. The minimum Gasteiger partial charge on any atom is -0.306 e. The third kappa shape index (κ3) is 6.73. The highest BCUT2D eigenvalue weighted by Crippen LogP contribution is 2.37. The van der Waals surface area contributed by atoms with Gasteiger partial charge in [0.2, 0.25) is 0 Å². The van der Waals surface area contributed by atoms with Crippen LogP contribution >= 0.6 is 23.5 Å². The van der Waals surface area contributed by atoms with Gasteiger partial charge in [0.25, 0.3) is 0 Å². The fourth-order valence-electron chi connectivity index (χ4n) is 2.47. The normalized spacial score (nSPS) is 13.8. The lowest BCUT2D eigenvalue weighted by Gasteiger charge is -2.24. The molecular weight excluding hydrogens is 342 g/mol. The number of hydrogen-bond donors (Lipinski definition) is 0. The van der Waals surface area contributed by atoms with Gasteiger partial charge in [-0.1, -0.05) is 55.8 Å². The molecule has 0 heterocycles. The summed E-state index contributed by atoms with van der Waals surface area (Å²) in [7, 11) is 4.32. The fourth-order valence-corrected chi connectivity index (χ4v) is 4.94. The first-order chi connectivity index (χ1) is 12.1. The van der Waals surface area contributed by atoms with Crippen LogP contribution in [0.5, 0.6) is 0 Å². The van der Waals surface area contributed by atoms with Gasteiger partial charge in [0.05, 0.1) is 5.25 Å². The molecule has 0 spiro atoms. The molecule has 2 unspecified atom stereocenters. The van der Waals surface area contributed by atoms with Gasteiger partial charge in [0.1, 0.15) is 0 Å². The first kappa shape index (κ1) is 20.4. The average Bonchev–Trinajstić information content (AvgIpc) is 2.64. The summed E-state index contributed by atoms with van der Waals surface area (Å²) in [6.07, 6.45) is 2.55. The van der Waals surface area contributed by atoms with E-state index in [1.54, 1.807) is 0 Å². The highest BCUT2D eigenvalue weighted by atomic mass is 32.2. The molecule has 0 saturated carbocycles. The van der Waals surface area contributed by atoms with E-state index in [4.69, 9.17) is 0 Å². The van der Waals surface area contributed by atoms with Gasteiger partial charge < -0.3 is 4.90 Å². The Morgan fingerprint density at radius 2 is 1.56 bits per heavy atom. The van der Waals surface area contributed by atoms with Crippen molar-refractivity contribution in [1.29, 1.82) is 0 Å². The maximum Gasteiger partial charge on any atom is 0.0547 e. The van der Waals surface area contributed by atoms with Crippen LogP contribution in [-0.2, 0) is 0 Å². The highest BCUT2D eigenvalue weighted by molar-refractivity contribution is 7.99. The molecule has 2 aromatic carbocycles. The van der Waals surface area contributed by atoms with E-state index in [2.05, 4.69) is 87.4 Å². The lowest BCUT2D eigenvalue weighted by Crippen LogP contribution is -2.27. The summed E-state index contributed by atoms with van der Waals surface area (Å²) in [6, 6.07) is 20.7. The van der Waals surface area contributed by atoms with Crippen molar-refractivity contribution in [2.24, 2.45) is 0 Å². The lowest BCUT2D eigenvalue weighted by molar-refractivity contribution is 0.340. The smallest absolute Gasteiger partial charge is 0.0547 e. The molecule has 2 aromatic rings. The minimum absolute atomic E-state index is 0.401. The monoisotopic (exact) mass is 373 g/mol. The molecule has 0 aliphatic carbocycles. The third-order valence-corrected chi connectivity index (χ3v) is 7.09. The van der Waals surface area contributed by atoms with Crippen molar-refractivity contribution in [3.8, 4) is 0 Å². The van der Waals surface area contributed by atoms with E-state index in [9.17, 15) is 0 Å². The molecule has 0 bridgehead atoms. The lowest BCUT2D eigenvalue weighted by atomic mass is 10.0. The van der Waals surface area contributed by atoms with Crippen molar-refractivity contribution >= 4 is 23.5 Å². The van der Waals surface area contributed by atoms with Crippen molar-refractivity contribution in [3.05, 3.63) is 65.7 Å². The Kier molecular flexibility index (Phi) is 8.94. The molecule has 25 heavy (non-hydrogen) atoms. The van der Waals surface area contributed by atoms with E-state index in [1.165, 1.54) is 34.6 Å². The van der Waals surface area contributed by atoms with E-state index in [1.807, 2.05) is 23.5 Å². The number of hydrogen-bond acceptors (Lipinski definition) is 3. The third-order valence-electron chi connectivity index (χ3n) is 4.44. The van der Waals surface area contributed by atoms with Crippen LogP contribution in [0, 0.1) is 0 Å². The van der Waals surface area contributed by atoms with E-state index in [0.29, 0.717) is 11.3 Å². The van der Waals surface area contributed by atoms with Gasteiger partial charge in [-0.15, -0.1) is 23.5 Å². The van der Waals surface area contributed by atoms with Crippen LogP contribution in [0.15, 0.2) is 59.5 Å². The molecule has 0 fully saturated rings. The molecule has 136 valence electrons. The molecule has 2 rings (SSSR count). The number of nitrogens with zero attached hydrogens (tertiary/aromatic N) is 1. The molecule has 0 saturated heterocycles. The quantitative estimate of drug-likeness (QED) is 0.353. The minimum atomic E-state index is 0.401. The van der Waals surface area contributed by atoms with Crippen LogP contribution in [0.1, 0.15) is 43.1 Å². The van der Waals surface area contributed by atoms with E-state index < -0.39 is 0 Å². The van der Waals surface area contributed by atoms with Gasteiger partial charge in [-0.05, 0) is 56.5 Å². The Balaban J connectivity index is 2.11. The standard InChI is InChI=1S/C22H31NS2/c1-5-6-16-24-21-14-12-20(13-15-21)22(19-10-8-7-9-11-19)25-17-18(2)23(3)4/h7-15,18,22H,5-6,16-17H2,1-4H3. The Bertz CT molecular complexity index is 595. The Morgan fingerprint density at radius 1 is 0.920 bits per heavy atom. The molecule has 0 aliphatic heterocycles. The molecule has 3 heteroatoms. The number of benzene rings is 2. The summed E-state index contributed by atoms with van der Waals surface area (Å²) in [5.74, 6) is 2.34. The maximum absolute atomic E-state index is 2.32. The van der Waals surface area contributed by atoms with Gasteiger partial charge in [-0.3, -0.25) is 0 Å². The highest BCUT2D eigenvalue weighted by Gasteiger charge is 2.17. The van der Waals surface area contributed by atoms with Gasteiger partial charge in [-0.2, -0.15) is 0 Å². The van der Waals surface area contributed by atoms with Crippen LogP contribution in [-0.4, -0.2) is 36.5 Å². The molecule has 0 N–H and O–H groups in total. The maximum atomic E-state index is 2.32. The zero-order valence-corrected chi connectivity index (χ0v) is 17.6. The Morgan fingerprint density at radius 3 is 2.16 bits per heavy atom. The molecule has 0 aromatic heterocycles. The average molecular weight is 374 g/mol. The zero-order valence-electron chi connectivity index (χ0n) is 15.9. The van der Waals surface area contributed by atoms with Crippen LogP contribution in [0.2, 0.25) is 0 Å². The van der Waals surface area contributed by atoms with E-state index >= 15 is 0 Å². The van der Waals surface area contributed by atoms with Crippen LogP contribution in [0.4, 0.5) is 0 Å². The summed E-state index contributed by atoms with van der Waals surface area (Å²) in [6.45, 7) is 4.54. The predicted molar refractivity (Wildman–Crippen MR) is 116 cm³/mol. The van der Waals surface area contributed by atoms with Crippen LogP contribution < -0.4 is 0 Å². The molecule has 0 amide bonds. The SMILES string of the molecule is CCCCSc1ccc(C(SCC(C)N(C)C)c2ccccc2)cc1. The van der Waals surface area contributed by atoms with Gasteiger partial charge >= 0.3 is 0 Å². The van der Waals surface area contributed by atoms with Crippen molar-refractivity contribution < 1.29 is 0 Å². The van der Waals surface area contributed by atoms with Gasteiger partial charge in [-0.25, -0.2) is 0 Å². The van der Waals surface area contributed by atoms with Crippen LogP contribution in [0.3, 0.4) is 0 Å². The molecular formula is C22H31NS2. The molecule has 1 nitrogen and oxygen atoms in total. The van der Waals surface area contributed by atoms with Crippen molar-refractivity contribution in [2.75, 3.05) is 25.6 Å². The van der Waals surface area contributed by atoms with Crippen LogP contribution in [0.25, 0.3) is 0 Å². The van der Waals surface area contributed by atoms with Crippen molar-refractivity contribution in [3.63, 3.8) is 0 Å². The first-order valence-corrected chi connectivity index (χ1v) is 11.2. The largest absolute Gasteiger partial charge is 0.306 e. The van der Waals surface area contributed by atoms with Gasteiger partial charge in [0, 0.05) is 16.7 Å². The second-order valence-electron chi connectivity index (χ2n) is 6.71. The van der Waals surface area contributed by atoms with E-state index in [0.717, 1.165) is 5.75 Å². The Labute approximate surface area is 162 Å². The summed E-state index contributed by atoms with van der Waals surface area (Å²) < 4.78 is 0. The molecule has 2 atom stereocenters. The second-order valence-corrected chi connectivity index (χ2v) is 9.01. The zero-order chi connectivity index (χ0) is 18.1. The van der Waals surface area contributed by atoms with Gasteiger partial charge in [0.15, 0.2) is 0 Å². The van der Waals surface area contributed by atoms with Crippen molar-refractivity contribution in [2.45, 2.75) is 42.9 Å².